The molecule has 0 saturated carbocycles. The summed E-state index contributed by atoms with van der Waals surface area (Å²) in [6.07, 6.45) is 1.43. The second-order valence-electron chi connectivity index (χ2n) is 5.55. The van der Waals surface area contributed by atoms with Crippen molar-refractivity contribution in [3.8, 4) is 11.5 Å². The predicted octanol–water partition coefficient (Wildman–Crippen LogP) is 3.11. The summed E-state index contributed by atoms with van der Waals surface area (Å²) in [5.74, 6) is 0.288. The molecule has 4 aromatic rings. The van der Waals surface area contributed by atoms with Crippen LogP contribution in [-0.4, -0.2) is 24.5 Å². The summed E-state index contributed by atoms with van der Waals surface area (Å²) >= 11 is 0.787. The molecule has 4 rings (SSSR count). The van der Waals surface area contributed by atoms with Crippen LogP contribution in [0.15, 0.2) is 68.1 Å². The molecule has 3 heterocycles. The fourth-order valence-corrected chi connectivity index (χ4v) is 3.31. The first kappa shape index (κ1) is 16.9. The molecule has 0 fully saturated rings. The molecule has 0 atom stereocenters. The molecule has 0 unspecified atom stereocenters. The molecule has 27 heavy (non-hydrogen) atoms. The third-order valence-electron chi connectivity index (χ3n) is 3.83. The van der Waals surface area contributed by atoms with Gasteiger partial charge in [-0.15, -0.1) is 10.2 Å². The molecule has 0 aliphatic heterocycles. The first-order valence-corrected chi connectivity index (χ1v) is 8.59. The van der Waals surface area contributed by atoms with Gasteiger partial charge in [-0.2, -0.15) is 0 Å². The fourth-order valence-electron chi connectivity index (χ4n) is 2.54. The zero-order chi connectivity index (χ0) is 19.0. The Morgan fingerprint density at radius 2 is 1.93 bits per heavy atom. The van der Waals surface area contributed by atoms with Gasteiger partial charge in [-0.25, -0.2) is 4.98 Å². The highest BCUT2D eigenvalue weighted by Gasteiger charge is 2.26. The van der Waals surface area contributed by atoms with Gasteiger partial charge in [-0.1, -0.05) is 24.3 Å². The van der Waals surface area contributed by atoms with Gasteiger partial charge in [0.2, 0.25) is 5.89 Å². The van der Waals surface area contributed by atoms with Crippen molar-refractivity contribution in [3.05, 3.63) is 74.7 Å². The second kappa shape index (κ2) is 6.65. The van der Waals surface area contributed by atoms with E-state index >= 15 is 0 Å². The molecule has 3 aromatic heterocycles. The number of benzene rings is 1. The predicted molar refractivity (Wildman–Crippen MR) is 96.7 cm³/mol. The molecule has 0 amide bonds. The van der Waals surface area contributed by atoms with Gasteiger partial charge < -0.3 is 4.42 Å². The maximum absolute atomic E-state index is 12.5. The highest BCUT2D eigenvalue weighted by Crippen LogP contribution is 2.32. The standard InChI is InChI=1S/C17H11N5O4S/c1-10-6-2-3-7-11(10)14-19-20-17(26-14)27-15-13(22(24)25)16(23)21-9-5-4-8-12(21)18-15/h2-9H,1H3. The van der Waals surface area contributed by atoms with Gasteiger partial charge in [-0.05, 0) is 42.4 Å². The molecule has 0 bridgehead atoms. The third kappa shape index (κ3) is 3.06. The number of hydrogen-bond donors (Lipinski definition) is 0. The third-order valence-corrected chi connectivity index (χ3v) is 4.64. The van der Waals surface area contributed by atoms with Gasteiger partial charge in [-0.3, -0.25) is 19.3 Å². The summed E-state index contributed by atoms with van der Waals surface area (Å²) in [7, 11) is 0. The van der Waals surface area contributed by atoms with Crippen LogP contribution in [0.5, 0.6) is 0 Å². The molecule has 0 aliphatic rings. The Labute approximate surface area is 155 Å². The van der Waals surface area contributed by atoms with Crippen molar-refractivity contribution in [3.63, 3.8) is 0 Å². The van der Waals surface area contributed by atoms with Crippen LogP contribution in [0.4, 0.5) is 5.69 Å². The van der Waals surface area contributed by atoms with E-state index in [1.807, 2.05) is 31.2 Å². The van der Waals surface area contributed by atoms with E-state index in [9.17, 15) is 14.9 Å². The monoisotopic (exact) mass is 381 g/mol. The molecule has 134 valence electrons. The molecule has 0 radical (unpaired) electrons. The number of nitro groups is 1. The first-order valence-electron chi connectivity index (χ1n) is 7.78. The van der Waals surface area contributed by atoms with Gasteiger partial charge in [0.1, 0.15) is 5.65 Å². The quantitative estimate of drug-likeness (QED) is 0.301. The van der Waals surface area contributed by atoms with E-state index in [-0.39, 0.29) is 21.8 Å². The Balaban J connectivity index is 1.78. The first-order chi connectivity index (χ1) is 13.0. The van der Waals surface area contributed by atoms with Crippen LogP contribution in [0.1, 0.15) is 5.56 Å². The van der Waals surface area contributed by atoms with Gasteiger partial charge in [0.05, 0.1) is 4.92 Å². The number of aryl methyl sites for hydroxylation is 1. The van der Waals surface area contributed by atoms with E-state index in [1.54, 1.807) is 18.2 Å². The summed E-state index contributed by atoms with van der Waals surface area (Å²) in [6, 6.07) is 12.3. The lowest BCUT2D eigenvalue weighted by Gasteiger charge is -2.03. The Bertz CT molecular complexity index is 1230. The lowest BCUT2D eigenvalue weighted by atomic mass is 10.1. The molecule has 0 N–H and O–H groups in total. The zero-order valence-electron chi connectivity index (χ0n) is 13.9. The van der Waals surface area contributed by atoms with Crippen molar-refractivity contribution in [2.45, 2.75) is 17.2 Å². The molecule has 10 heteroatoms. The highest BCUT2D eigenvalue weighted by molar-refractivity contribution is 7.99. The lowest BCUT2D eigenvalue weighted by Crippen LogP contribution is -2.19. The average molecular weight is 381 g/mol. The second-order valence-corrected chi connectivity index (χ2v) is 6.49. The van der Waals surface area contributed by atoms with Crippen molar-refractivity contribution < 1.29 is 9.34 Å². The average Bonchev–Trinajstić information content (AvgIpc) is 3.10. The van der Waals surface area contributed by atoms with E-state index in [2.05, 4.69) is 15.2 Å². The summed E-state index contributed by atoms with van der Waals surface area (Å²) < 4.78 is 6.73. The van der Waals surface area contributed by atoms with Crippen molar-refractivity contribution in [2.24, 2.45) is 0 Å². The van der Waals surface area contributed by atoms with E-state index in [4.69, 9.17) is 4.42 Å². The Morgan fingerprint density at radius 1 is 1.15 bits per heavy atom. The summed E-state index contributed by atoms with van der Waals surface area (Å²) in [6.45, 7) is 1.91. The summed E-state index contributed by atoms with van der Waals surface area (Å²) in [5, 5.41) is 19.3. The van der Waals surface area contributed by atoms with Crippen LogP contribution < -0.4 is 5.56 Å². The van der Waals surface area contributed by atoms with Crippen LogP contribution in [-0.2, 0) is 0 Å². The van der Waals surface area contributed by atoms with Crippen molar-refractivity contribution >= 4 is 23.1 Å². The van der Waals surface area contributed by atoms with Crippen LogP contribution in [0, 0.1) is 17.0 Å². The molecular formula is C17H11N5O4S. The number of aromatic nitrogens is 4. The number of hydrogen-bond acceptors (Lipinski definition) is 8. The van der Waals surface area contributed by atoms with Crippen LogP contribution >= 0.6 is 11.8 Å². The van der Waals surface area contributed by atoms with Gasteiger partial charge >= 0.3 is 11.2 Å². The molecular weight excluding hydrogens is 370 g/mol. The van der Waals surface area contributed by atoms with Gasteiger partial charge in [0, 0.05) is 11.8 Å². The Kier molecular flexibility index (Phi) is 4.16. The molecule has 0 saturated heterocycles. The smallest absolute Gasteiger partial charge is 0.366 e. The van der Waals surface area contributed by atoms with Crippen LogP contribution in [0.3, 0.4) is 0 Å². The minimum absolute atomic E-state index is 0.0588. The minimum atomic E-state index is -0.772. The lowest BCUT2D eigenvalue weighted by molar-refractivity contribution is -0.389. The van der Waals surface area contributed by atoms with Crippen LogP contribution in [0.25, 0.3) is 17.1 Å². The van der Waals surface area contributed by atoms with E-state index < -0.39 is 16.2 Å². The van der Waals surface area contributed by atoms with Crippen molar-refractivity contribution in [2.75, 3.05) is 0 Å². The number of nitrogens with zero attached hydrogens (tertiary/aromatic N) is 5. The topological polar surface area (TPSA) is 116 Å². The highest BCUT2D eigenvalue weighted by atomic mass is 32.2. The van der Waals surface area contributed by atoms with Crippen molar-refractivity contribution in [1.29, 1.82) is 0 Å². The number of rotatable bonds is 4. The normalized spacial score (nSPS) is 11.0. The van der Waals surface area contributed by atoms with Crippen LogP contribution in [0.2, 0.25) is 0 Å². The van der Waals surface area contributed by atoms with E-state index in [0.717, 1.165) is 27.3 Å². The Hall–Kier alpha value is -3.53. The molecule has 9 nitrogen and oxygen atoms in total. The molecule has 0 spiro atoms. The molecule has 0 aliphatic carbocycles. The van der Waals surface area contributed by atoms with Gasteiger partial charge in [0.25, 0.3) is 5.22 Å². The summed E-state index contributed by atoms with van der Waals surface area (Å²) in [5.41, 5.74) is 0.587. The maximum atomic E-state index is 12.5. The fraction of sp³-hybridized carbons (Fsp3) is 0.0588. The van der Waals surface area contributed by atoms with E-state index in [0.29, 0.717) is 0 Å². The largest absolute Gasteiger partial charge is 0.411 e. The minimum Gasteiger partial charge on any atom is -0.411 e. The SMILES string of the molecule is Cc1ccccc1-c1nnc(Sc2nc3ccccn3c(=O)c2[N+](=O)[O-])o1. The number of pyridine rings is 1. The number of fused-ring (bicyclic) bond motifs is 1. The van der Waals surface area contributed by atoms with E-state index in [1.165, 1.54) is 6.20 Å². The van der Waals surface area contributed by atoms with Crippen molar-refractivity contribution in [1.82, 2.24) is 19.6 Å². The maximum Gasteiger partial charge on any atom is 0.366 e. The zero-order valence-corrected chi connectivity index (χ0v) is 14.7. The Morgan fingerprint density at radius 3 is 2.70 bits per heavy atom. The summed E-state index contributed by atoms with van der Waals surface area (Å²) in [4.78, 5) is 27.3. The van der Waals surface area contributed by atoms with Gasteiger partial charge in [0.15, 0.2) is 5.03 Å². The molecule has 1 aromatic carbocycles.